The summed E-state index contributed by atoms with van der Waals surface area (Å²) in [4.78, 5) is 29.6. The van der Waals surface area contributed by atoms with Gasteiger partial charge in [0.25, 0.3) is 11.8 Å². The van der Waals surface area contributed by atoms with Crippen LogP contribution < -0.4 is 29.2 Å². The number of amides is 2. The molecule has 2 aromatic carbocycles. The van der Waals surface area contributed by atoms with Crippen LogP contribution in [0.4, 0.5) is 11.4 Å². The summed E-state index contributed by atoms with van der Waals surface area (Å²) >= 11 is 0. The Morgan fingerprint density at radius 1 is 1.03 bits per heavy atom. The van der Waals surface area contributed by atoms with Crippen LogP contribution in [0, 0.1) is 0 Å². The lowest BCUT2D eigenvalue weighted by atomic mass is 10.1. The SMILES string of the molecule is CCOc1cc(C(=O)Nc2ccc3c(c2)OC(C)C(=O)N3CCN(C)C)cc(OCC)c1OCC. The van der Waals surface area contributed by atoms with E-state index in [4.69, 9.17) is 18.9 Å². The number of ether oxygens (including phenoxy) is 4. The molecule has 1 heterocycles. The second-order valence-corrected chi connectivity index (χ2v) is 8.29. The lowest BCUT2D eigenvalue weighted by Gasteiger charge is -2.34. The minimum Gasteiger partial charge on any atom is -0.490 e. The van der Waals surface area contributed by atoms with Gasteiger partial charge >= 0.3 is 0 Å². The number of hydrogen-bond donors (Lipinski definition) is 1. The van der Waals surface area contributed by atoms with Crippen molar-refractivity contribution in [2.75, 3.05) is 57.2 Å². The minimum absolute atomic E-state index is 0.0857. The number of rotatable bonds is 11. The number of fused-ring (bicyclic) bond motifs is 1. The molecule has 35 heavy (non-hydrogen) atoms. The van der Waals surface area contributed by atoms with Crippen molar-refractivity contribution >= 4 is 23.2 Å². The predicted molar refractivity (Wildman–Crippen MR) is 135 cm³/mol. The van der Waals surface area contributed by atoms with Gasteiger partial charge in [0.15, 0.2) is 17.6 Å². The zero-order valence-corrected chi connectivity index (χ0v) is 21.3. The molecule has 1 unspecified atom stereocenters. The fourth-order valence-electron chi connectivity index (χ4n) is 3.74. The molecule has 0 radical (unpaired) electrons. The van der Waals surface area contributed by atoms with Gasteiger partial charge in [-0.25, -0.2) is 0 Å². The molecule has 0 aliphatic carbocycles. The molecule has 2 amide bonds. The summed E-state index contributed by atoms with van der Waals surface area (Å²) in [5.41, 5.74) is 1.61. The van der Waals surface area contributed by atoms with Crippen LogP contribution in [0.3, 0.4) is 0 Å². The predicted octanol–water partition coefficient (Wildman–Crippen LogP) is 3.81. The molecule has 0 aromatic heterocycles. The Kier molecular flexibility index (Phi) is 8.81. The molecule has 3 rings (SSSR count). The summed E-state index contributed by atoms with van der Waals surface area (Å²) in [5.74, 6) is 1.50. The maximum atomic E-state index is 13.1. The normalized spacial score (nSPS) is 14.9. The van der Waals surface area contributed by atoms with E-state index in [1.54, 1.807) is 42.2 Å². The van der Waals surface area contributed by atoms with Crippen LogP contribution in [-0.4, -0.2) is 69.8 Å². The topological polar surface area (TPSA) is 89.6 Å². The summed E-state index contributed by atoms with van der Waals surface area (Å²) in [7, 11) is 3.92. The minimum atomic E-state index is -0.607. The molecular weight excluding hydrogens is 450 g/mol. The Bertz CT molecular complexity index is 1030. The van der Waals surface area contributed by atoms with Gasteiger partial charge in [0.05, 0.1) is 25.5 Å². The van der Waals surface area contributed by atoms with Crippen molar-refractivity contribution in [2.24, 2.45) is 0 Å². The maximum absolute atomic E-state index is 13.1. The van der Waals surface area contributed by atoms with Gasteiger partial charge in [-0.2, -0.15) is 0 Å². The summed E-state index contributed by atoms with van der Waals surface area (Å²) in [5, 5.41) is 2.91. The van der Waals surface area contributed by atoms with Crippen molar-refractivity contribution in [3.8, 4) is 23.0 Å². The van der Waals surface area contributed by atoms with Crippen LogP contribution in [0.1, 0.15) is 38.1 Å². The molecule has 0 fully saturated rings. The Hall–Kier alpha value is -3.46. The van der Waals surface area contributed by atoms with E-state index in [0.29, 0.717) is 66.3 Å². The Morgan fingerprint density at radius 2 is 1.66 bits per heavy atom. The van der Waals surface area contributed by atoms with Gasteiger partial charge in [0, 0.05) is 30.4 Å². The lowest BCUT2D eigenvalue weighted by molar-refractivity contribution is -0.125. The van der Waals surface area contributed by atoms with E-state index in [-0.39, 0.29) is 11.8 Å². The number of hydrogen-bond acceptors (Lipinski definition) is 7. The summed E-state index contributed by atoms with van der Waals surface area (Å²) in [6.45, 7) is 9.87. The zero-order chi connectivity index (χ0) is 25.5. The average Bonchev–Trinajstić information content (AvgIpc) is 2.81. The molecular formula is C26H35N3O6. The standard InChI is InChI=1S/C26H35N3O6/c1-7-32-22-14-18(15-23(33-8-2)24(22)34-9-3)25(30)27-19-10-11-20-21(16-19)35-17(4)26(31)29(20)13-12-28(5)6/h10-11,14-17H,7-9,12-13H2,1-6H3,(H,27,30). The number of benzene rings is 2. The van der Waals surface area contributed by atoms with E-state index >= 15 is 0 Å². The van der Waals surface area contributed by atoms with Crippen molar-refractivity contribution in [1.29, 1.82) is 0 Å². The van der Waals surface area contributed by atoms with Crippen LogP contribution in [0.25, 0.3) is 0 Å². The molecule has 1 aliphatic rings. The van der Waals surface area contributed by atoms with Crippen LogP contribution in [0.15, 0.2) is 30.3 Å². The number of nitrogens with one attached hydrogen (secondary N) is 1. The molecule has 9 nitrogen and oxygen atoms in total. The molecule has 190 valence electrons. The molecule has 0 spiro atoms. The van der Waals surface area contributed by atoms with Crippen molar-refractivity contribution < 1.29 is 28.5 Å². The van der Waals surface area contributed by atoms with E-state index in [2.05, 4.69) is 5.32 Å². The average molecular weight is 486 g/mol. The molecule has 1 N–H and O–H groups in total. The summed E-state index contributed by atoms with van der Waals surface area (Å²) in [6, 6.07) is 8.57. The first-order valence-electron chi connectivity index (χ1n) is 11.9. The van der Waals surface area contributed by atoms with Crippen LogP contribution in [0.5, 0.6) is 23.0 Å². The highest BCUT2D eigenvalue weighted by molar-refractivity contribution is 6.06. The van der Waals surface area contributed by atoms with Crippen LogP contribution in [0.2, 0.25) is 0 Å². The molecule has 1 aliphatic heterocycles. The number of carbonyl (C=O) groups excluding carboxylic acids is 2. The second-order valence-electron chi connectivity index (χ2n) is 8.29. The van der Waals surface area contributed by atoms with Crippen molar-refractivity contribution in [1.82, 2.24) is 4.90 Å². The molecule has 1 atom stereocenters. The number of likely N-dealkylation sites (N-methyl/N-ethyl adjacent to an activating group) is 1. The van der Waals surface area contributed by atoms with Gasteiger partial charge < -0.3 is 34.1 Å². The zero-order valence-electron chi connectivity index (χ0n) is 21.3. The fourth-order valence-corrected chi connectivity index (χ4v) is 3.74. The van der Waals surface area contributed by atoms with Crippen LogP contribution in [-0.2, 0) is 4.79 Å². The first-order valence-corrected chi connectivity index (χ1v) is 11.9. The molecule has 0 saturated carbocycles. The third-order valence-corrected chi connectivity index (χ3v) is 5.37. The highest BCUT2D eigenvalue weighted by atomic mass is 16.5. The third-order valence-electron chi connectivity index (χ3n) is 5.37. The summed E-state index contributed by atoms with van der Waals surface area (Å²) < 4.78 is 23.0. The van der Waals surface area contributed by atoms with Gasteiger partial charge in [-0.15, -0.1) is 0 Å². The van der Waals surface area contributed by atoms with Gasteiger partial charge in [-0.1, -0.05) is 0 Å². The van der Waals surface area contributed by atoms with Crippen LogP contribution >= 0.6 is 0 Å². The fraction of sp³-hybridized carbons (Fsp3) is 0.462. The monoisotopic (exact) mass is 485 g/mol. The number of nitrogens with zero attached hydrogens (tertiary/aromatic N) is 2. The second kappa shape index (κ2) is 11.8. The highest BCUT2D eigenvalue weighted by Gasteiger charge is 2.31. The van der Waals surface area contributed by atoms with Crippen molar-refractivity contribution in [3.63, 3.8) is 0 Å². The summed E-state index contributed by atoms with van der Waals surface area (Å²) in [6.07, 6.45) is -0.607. The van der Waals surface area contributed by atoms with E-state index in [1.807, 2.05) is 39.8 Å². The Morgan fingerprint density at radius 3 is 2.23 bits per heavy atom. The van der Waals surface area contributed by atoms with Crippen molar-refractivity contribution in [2.45, 2.75) is 33.8 Å². The molecule has 2 aromatic rings. The Labute approximate surface area is 206 Å². The van der Waals surface area contributed by atoms with E-state index < -0.39 is 6.10 Å². The van der Waals surface area contributed by atoms with Gasteiger partial charge in [0.1, 0.15) is 5.75 Å². The largest absolute Gasteiger partial charge is 0.490 e. The first-order chi connectivity index (χ1) is 16.8. The maximum Gasteiger partial charge on any atom is 0.267 e. The van der Waals surface area contributed by atoms with E-state index in [0.717, 1.165) is 6.54 Å². The molecule has 9 heteroatoms. The smallest absolute Gasteiger partial charge is 0.267 e. The van der Waals surface area contributed by atoms with Gasteiger partial charge in [0.2, 0.25) is 5.75 Å². The molecule has 0 bridgehead atoms. The quantitative estimate of drug-likeness (QED) is 0.518. The number of anilines is 2. The molecule has 0 saturated heterocycles. The first kappa shape index (κ1) is 26.2. The highest BCUT2D eigenvalue weighted by Crippen LogP contribution is 2.40. The van der Waals surface area contributed by atoms with Gasteiger partial charge in [-0.05, 0) is 66.1 Å². The van der Waals surface area contributed by atoms with E-state index in [1.165, 1.54) is 0 Å². The van der Waals surface area contributed by atoms with Crippen molar-refractivity contribution in [3.05, 3.63) is 35.9 Å². The van der Waals surface area contributed by atoms with E-state index in [9.17, 15) is 9.59 Å². The van der Waals surface area contributed by atoms with Gasteiger partial charge in [-0.3, -0.25) is 9.59 Å². The lowest BCUT2D eigenvalue weighted by Crippen LogP contribution is -2.46. The Balaban J connectivity index is 1.87. The number of carbonyl (C=O) groups is 2. The third kappa shape index (κ3) is 6.16.